The van der Waals surface area contributed by atoms with Gasteiger partial charge in [-0.3, -0.25) is 0 Å². The minimum atomic E-state index is -3.04. The predicted octanol–water partition coefficient (Wildman–Crippen LogP) is 0.500. The maximum Gasteiger partial charge on any atom is 0.208 e. The molecule has 0 spiro atoms. The Morgan fingerprint density at radius 1 is 1.70 bits per heavy atom. The summed E-state index contributed by atoms with van der Waals surface area (Å²) in [7, 11) is -3.04. The van der Waals surface area contributed by atoms with Gasteiger partial charge in [0.2, 0.25) is 10.0 Å². The van der Waals surface area contributed by atoms with Crippen molar-refractivity contribution in [3.63, 3.8) is 0 Å². The molecule has 0 aliphatic heterocycles. The van der Waals surface area contributed by atoms with Gasteiger partial charge in [-0.05, 0) is 13.3 Å². The molecule has 60 valence electrons. The topological polar surface area (TPSA) is 46.2 Å². The van der Waals surface area contributed by atoms with Crippen LogP contribution in [0.2, 0.25) is 0 Å². The largest absolute Gasteiger partial charge is 0.213 e. The van der Waals surface area contributed by atoms with Crippen LogP contribution in [-0.4, -0.2) is 20.7 Å². The van der Waals surface area contributed by atoms with Crippen molar-refractivity contribution in [3.05, 3.63) is 12.7 Å². The van der Waals surface area contributed by atoms with Crippen molar-refractivity contribution in [3.8, 4) is 0 Å². The molecule has 0 saturated carbocycles. The number of hydrogen-bond acceptors (Lipinski definition) is 2. The van der Waals surface area contributed by atoms with E-state index in [1.54, 1.807) is 13.0 Å². The van der Waals surface area contributed by atoms with Gasteiger partial charge in [0.05, 0.1) is 6.26 Å². The summed E-state index contributed by atoms with van der Waals surface area (Å²) in [4.78, 5) is 0. The molecule has 0 heterocycles. The van der Waals surface area contributed by atoms with Crippen LogP contribution < -0.4 is 4.72 Å². The fraction of sp³-hybridized carbons (Fsp3) is 0.667. The van der Waals surface area contributed by atoms with Crippen molar-refractivity contribution in [2.24, 2.45) is 0 Å². The fourth-order valence-electron chi connectivity index (χ4n) is 0.664. The van der Waals surface area contributed by atoms with Crippen molar-refractivity contribution in [2.75, 3.05) is 6.26 Å². The first-order chi connectivity index (χ1) is 4.45. The lowest BCUT2D eigenvalue weighted by atomic mass is 10.3. The average Bonchev–Trinajstić information content (AvgIpc) is 1.59. The second-order valence-corrected chi connectivity index (χ2v) is 4.10. The van der Waals surface area contributed by atoms with Gasteiger partial charge in [0.15, 0.2) is 0 Å². The van der Waals surface area contributed by atoms with Gasteiger partial charge in [-0.15, -0.1) is 6.58 Å². The maximum atomic E-state index is 10.6. The van der Waals surface area contributed by atoms with Crippen molar-refractivity contribution in [1.29, 1.82) is 0 Å². The van der Waals surface area contributed by atoms with Gasteiger partial charge in [-0.1, -0.05) is 6.08 Å². The van der Waals surface area contributed by atoms with Crippen LogP contribution in [0.4, 0.5) is 0 Å². The lowest BCUT2D eigenvalue weighted by molar-refractivity contribution is 0.568. The molecule has 0 aliphatic carbocycles. The number of nitrogens with one attached hydrogen (secondary N) is 1. The molecule has 1 unspecified atom stereocenters. The lowest BCUT2D eigenvalue weighted by Crippen LogP contribution is -2.30. The molecule has 0 rings (SSSR count). The van der Waals surface area contributed by atoms with Gasteiger partial charge in [0.1, 0.15) is 0 Å². The molecule has 0 fully saturated rings. The minimum Gasteiger partial charge on any atom is -0.213 e. The third-order valence-corrected chi connectivity index (χ3v) is 1.77. The Kier molecular flexibility index (Phi) is 3.60. The smallest absolute Gasteiger partial charge is 0.208 e. The summed E-state index contributed by atoms with van der Waals surface area (Å²) in [6.45, 7) is 5.29. The standard InChI is InChI=1S/C6H13NO2S/c1-4-5-6(2)7-10(3,8)9/h4,6-7H,1,5H2,2-3H3. The molecule has 10 heavy (non-hydrogen) atoms. The van der Waals surface area contributed by atoms with Crippen LogP contribution in [0.15, 0.2) is 12.7 Å². The second kappa shape index (κ2) is 3.73. The zero-order valence-corrected chi connectivity index (χ0v) is 7.11. The molecular formula is C6H13NO2S. The van der Waals surface area contributed by atoms with Gasteiger partial charge < -0.3 is 0 Å². The first-order valence-corrected chi connectivity index (χ1v) is 4.93. The third kappa shape index (κ3) is 5.78. The molecule has 1 atom stereocenters. The predicted molar refractivity (Wildman–Crippen MR) is 42.3 cm³/mol. The first kappa shape index (κ1) is 9.65. The fourth-order valence-corrected chi connectivity index (χ4v) is 1.49. The summed E-state index contributed by atoms with van der Waals surface area (Å²) in [5.41, 5.74) is 0. The minimum absolute atomic E-state index is 0.0486. The van der Waals surface area contributed by atoms with Gasteiger partial charge >= 0.3 is 0 Å². The van der Waals surface area contributed by atoms with Crippen LogP contribution in [0.5, 0.6) is 0 Å². The highest BCUT2D eigenvalue weighted by atomic mass is 32.2. The summed E-state index contributed by atoms with van der Waals surface area (Å²) in [5, 5.41) is 0. The van der Waals surface area contributed by atoms with E-state index in [1.807, 2.05) is 0 Å². The first-order valence-electron chi connectivity index (χ1n) is 3.04. The number of hydrogen-bond donors (Lipinski definition) is 1. The summed E-state index contributed by atoms with van der Waals surface area (Å²) >= 11 is 0. The zero-order valence-electron chi connectivity index (χ0n) is 6.29. The summed E-state index contributed by atoms with van der Waals surface area (Å²) < 4.78 is 23.6. The Labute approximate surface area is 62.2 Å². The van der Waals surface area contributed by atoms with Crippen molar-refractivity contribution < 1.29 is 8.42 Å². The molecular weight excluding hydrogens is 150 g/mol. The Hall–Kier alpha value is -0.350. The molecule has 0 aliphatic rings. The monoisotopic (exact) mass is 163 g/mol. The SMILES string of the molecule is C=CCC(C)NS(C)(=O)=O. The second-order valence-electron chi connectivity index (χ2n) is 2.32. The Balaban J connectivity index is 3.80. The highest BCUT2D eigenvalue weighted by Gasteiger charge is 2.05. The van der Waals surface area contributed by atoms with Gasteiger partial charge in [0.25, 0.3) is 0 Å². The van der Waals surface area contributed by atoms with E-state index in [-0.39, 0.29) is 6.04 Å². The highest BCUT2D eigenvalue weighted by Crippen LogP contribution is 1.91. The van der Waals surface area contributed by atoms with E-state index in [0.29, 0.717) is 6.42 Å². The molecule has 0 bridgehead atoms. The van der Waals surface area contributed by atoms with Gasteiger partial charge in [0, 0.05) is 6.04 Å². The number of rotatable bonds is 4. The molecule has 0 aromatic heterocycles. The van der Waals surface area contributed by atoms with Gasteiger partial charge in [-0.25, -0.2) is 13.1 Å². The van der Waals surface area contributed by atoms with E-state index < -0.39 is 10.0 Å². The van der Waals surface area contributed by atoms with Crippen LogP contribution >= 0.6 is 0 Å². The van der Waals surface area contributed by atoms with E-state index in [9.17, 15) is 8.42 Å². The zero-order chi connectivity index (χ0) is 8.20. The van der Waals surface area contributed by atoms with Crippen LogP contribution in [0.25, 0.3) is 0 Å². The molecule has 0 aromatic rings. The molecule has 4 heteroatoms. The molecule has 1 N–H and O–H groups in total. The van der Waals surface area contributed by atoms with Crippen molar-refractivity contribution in [1.82, 2.24) is 4.72 Å². The van der Waals surface area contributed by atoms with E-state index in [2.05, 4.69) is 11.3 Å². The van der Waals surface area contributed by atoms with Crippen molar-refractivity contribution in [2.45, 2.75) is 19.4 Å². The van der Waals surface area contributed by atoms with Crippen LogP contribution in [0.1, 0.15) is 13.3 Å². The number of sulfonamides is 1. The van der Waals surface area contributed by atoms with Crippen molar-refractivity contribution >= 4 is 10.0 Å². The lowest BCUT2D eigenvalue weighted by Gasteiger charge is -2.07. The Morgan fingerprint density at radius 2 is 2.20 bits per heavy atom. The molecule has 0 saturated heterocycles. The average molecular weight is 163 g/mol. The molecule has 0 amide bonds. The third-order valence-electron chi connectivity index (χ3n) is 0.935. The molecule has 0 radical (unpaired) electrons. The summed E-state index contributed by atoms with van der Waals surface area (Å²) in [5.74, 6) is 0. The maximum absolute atomic E-state index is 10.6. The Bertz CT molecular complexity index is 196. The van der Waals surface area contributed by atoms with Crippen LogP contribution in [-0.2, 0) is 10.0 Å². The summed E-state index contributed by atoms with van der Waals surface area (Å²) in [6.07, 6.45) is 3.49. The van der Waals surface area contributed by atoms with E-state index in [1.165, 1.54) is 0 Å². The quantitative estimate of drug-likeness (QED) is 0.613. The van der Waals surface area contributed by atoms with E-state index >= 15 is 0 Å². The molecule has 0 aromatic carbocycles. The highest BCUT2D eigenvalue weighted by molar-refractivity contribution is 7.88. The Morgan fingerprint density at radius 3 is 2.50 bits per heavy atom. The van der Waals surface area contributed by atoms with E-state index in [0.717, 1.165) is 6.26 Å². The summed E-state index contributed by atoms with van der Waals surface area (Å²) in [6, 6.07) is -0.0486. The van der Waals surface area contributed by atoms with Crippen LogP contribution in [0.3, 0.4) is 0 Å². The molecule has 3 nitrogen and oxygen atoms in total. The van der Waals surface area contributed by atoms with E-state index in [4.69, 9.17) is 0 Å². The van der Waals surface area contributed by atoms with Crippen LogP contribution in [0, 0.1) is 0 Å². The normalized spacial score (nSPS) is 14.6. The van der Waals surface area contributed by atoms with Gasteiger partial charge in [-0.2, -0.15) is 0 Å².